The van der Waals surface area contributed by atoms with Crippen LogP contribution in [-0.4, -0.2) is 35.0 Å². The molecule has 1 aliphatic carbocycles. The van der Waals surface area contributed by atoms with Crippen molar-refractivity contribution in [2.75, 3.05) is 6.54 Å². The third-order valence-corrected chi connectivity index (χ3v) is 2.94. The molecule has 0 amide bonds. The summed E-state index contributed by atoms with van der Waals surface area (Å²) in [6.45, 7) is 6.97. The Morgan fingerprint density at radius 2 is 2.00 bits per heavy atom. The molecule has 0 radical (unpaired) electrons. The normalized spacial score (nSPS) is 29.4. The third-order valence-electron chi connectivity index (χ3n) is 2.94. The molecule has 3 heteroatoms. The Hall–Kier alpha value is -0.120. The van der Waals surface area contributed by atoms with E-state index in [4.69, 9.17) is 0 Å². The Labute approximate surface area is 92.9 Å². The van der Waals surface area contributed by atoms with E-state index in [1.807, 2.05) is 0 Å². The van der Waals surface area contributed by atoms with Gasteiger partial charge in [0.25, 0.3) is 0 Å². The molecule has 1 aliphatic rings. The van der Waals surface area contributed by atoms with E-state index < -0.39 is 0 Å². The van der Waals surface area contributed by atoms with E-state index in [9.17, 15) is 10.2 Å². The molecular formula is C12H25NO2. The second-order valence-electron chi connectivity index (χ2n) is 5.93. The van der Waals surface area contributed by atoms with Crippen molar-refractivity contribution in [3.8, 4) is 0 Å². The van der Waals surface area contributed by atoms with Crippen molar-refractivity contribution in [2.24, 2.45) is 5.41 Å². The number of aliphatic hydroxyl groups is 2. The van der Waals surface area contributed by atoms with Crippen LogP contribution in [0, 0.1) is 5.41 Å². The standard InChI is InChI=1S/C12H25NO2/c1-12(2,3)7-9(14)8-13-10-5-4-6-11(10)15/h9-11,13-15H,4-8H2,1-3H3/t9?,10-,11-/m1/s1. The number of rotatable bonds is 4. The van der Waals surface area contributed by atoms with Gasteiger partial charge in [-0.15, -0.1) is 0 Å². The largest absolute Gasteiger partial charge is 0.392 e. The first-order chi connectivity index (χ1) is 6.88. The zero-order valence-corrected chi connectivity index (χ0v) is 10.2. The minimum atomic E-state index is -0.308. The van der Waals surface area contributed by atoms with Gasteiger partial charge in [0.15, 0.2) is 0 Å². The molecule has 1 fully saturated rings. The maximum absolute atomic E-state index is 9.79. The average molecular weight is 215 g/mol. The van der Waals surface area contributed by atoms with E-state index in [2.05, 4.69) is 26.1 Å². The molecule has 15 heavy (non-hydrogen) atoms. The predicted molar refractivity (Wildman–Crippen MR) is 61.7 cm³/mol. The van der Waals surface area contributed by atoms with E-state index in [0.717, 1.165) is 25.7 Å². The van der Waals surface area contributed by atoms with E-state index in [-0.39, 0.29) is 23.7 Å². The van der Waals surface area contributed by atoms with Crippen LogP contribution in [0.4, 0.5) is 0 Å². The number of hydrogen-bond donors (Lipinski definition) is 3. The Balaban J connectivity index is 2.19. The van der Waals surface area contributed by atoms with Crippen molar-refractivity contribution in [3.63, 3.8) is 0 Å². The van der Waals surface area contributed by atoms with Crippen LogP contribution in [0.15, 0.2) is 0 Å². The zero-order chi connectivity index (χ0) is 11.5. The number of hydrogen-bond acceptors (Lipinski definition) is 3. The molecule has 3 N–H and O–H groups in total. The van der Waals surface area contributed by atoms with Crippen molar-refractivity contribution in [1.29, 1.82) is 0 Å². The quantitative estimate of drug-likeness (QED) is 0.662. The summed E-state index contributed by atoms with van der Waals surface area (Å²) >= 11 is 0. The van der Waals surface area contributed by atoms with E-state index in [0.29, 0.717) is 6.54 Å². The van der Waals surface area contributed by atoms with Gasteiger partial charge in [-0.25, -0.2) is 0 Å². The minimum absolute atomic E-state index is 0.162. The van der Waals surface area contributed by atoms with E-state index in [1.165, 1.54) is 0 Å². The van der Waals surface area contributed by atoms with Crippen LogP contribution in [0.25, 0.3) is 0 Å². The molecule has 0 aromatic carbocycles. The summed E-state index contributed by atoms with van der Waals surface area (Å²) in [5, 5.41) is 22.6. The highest BCUT2D eigenvalue weighted by molar-refractivity contribution is 4.83. The second-order valence-corrected chi connectivity index (χ2v) is 5.93. The Kier molecular flexibility index (Phi) is 4.56. The van der Waals surface area contributed by atoms with Crippen LogP contribution >= 0.6 is 0 Å². The molecule has 1 saturated carbocycles. The highest BCUT2D eigenvalue weighted by Crippen LogP contribution is 2.22. The van der Waals surface area contributed by atoms with Gasteiger partial charge in [-0.2, -0.15) is 0 Å². The lowest BCUT2D eigenvalue weighted by Gasteiger charge is -2.24. The topological polar surface area (TPSA) is 52.5 Å². The molecule has 0 aliphatic heterocycles. The lowest BCUT2D eigenvalue weighted by Crippen LogP contribution is -2.41. The fourth-order valence-electron chi connectivity index (χ4n) is 2.25. The molecule has 0 spiro atoms. The van der Waals surface area contributed by atoms with Crippen molar-refractivity contribution >= 4 is 0 Å². The molecule has 0 saturated heterocycles. The van der Waals surface area contributed by atoms with Crippen LogP contribution in [0.1, 0.15) is 46.5 Å². The van der Waals surface area contributed by atoms with Crippen molar-refractivity contribution in [2.45, 2.75) is 64.7 Å². The van der Waals surface area contributed by atoms with E-state index >= 15 is 0 Å². The maximum Gasteiger partial charge on any atom is 0.0693 e. The molecule has 0 aromatic heterocycles. The third kappa shape index (κ3) is 4.96. The summed E-state index contributed by atoms with van der Waals surface area (Å²) in [6.07, 6.45) is 3.29. The van der Waals surface area contributed by atoms with Gasteiger partial charge in [-0.3, -0.25) is 0 Å². The smallest absolute Gasteiger partial charge is 0.0693 e. The van der Waals surface area contributed by atoms with Crippen molar-refractivity contribution in [3.05, 3.63) is 0 Å². The van der Waals surface area contributed by atoms with Crippen LogP contribution < -0.4 is 5.32 Å². The van der Waals surface area contributed by atoms with E-state index in [1.54, 1.807) is 0 Å². The van der Waals surface area contributed by atoms with Gasteiger partial charge < -0.3 is 15.5 Å². The van der Waals surface area contributed by atoms with Gasteiger partial charge in [-0.05, 0) is 31.1 Å². The number of aliphatic hydroxyl groups excluding tert-OH is 2. The van der Waals surface area contributed by atoms with Crippen LogP contribution in [0.5, 0.6) is 0 Å². The minimum Gasteiger partial charge on any atom is -0.392 e. The summed E-state index contributed by atoms with van der Waals surface area (Å²) in [5.41, 5.74) is 0.162. The second kappa shape index (κ2) is 5.28. The Bertz CT molecular complexity index is 189. The van der Waals surface area contributed by atoms with Gasteiger partial charge in [0.1, 0.15) is 0 Å². The first kappa shape index (κ1) is 12.9. The lowest BCUT2D eigenvalue weighted by molar-refractivity contribution is 0.101. The molecular weight excluding hydrogens is 190 g/mol. The first-order valence-electron chi connectivity index (χ1n) is 5.98. The Morgan fingerprint density at radius 3 is 2.47 bits per heavy atom. The van der Waals surface area contributed by atoms with Crippen LogP contribution in [-0.2, 0) is 0 Å². The van der Waals surface area contributed by atoms with Crippen molar-refractivity contribution < 1.29 is 10.2 Å². The molecule has 1 unspecified atom stereocenters. The predicted octanol–water partition coefficient (Wildman–Crippen LogP) is 1.29. The highest BCUT2D eigenvalue weighted by atomic mass is 16.3. The summed E-state index contributed by atoms with van der Waals surface area (Å²) in [4.78, 5) is 0. The molecule has 1 rings (SSSR count). The summed E-state index contributed by atoms with van der Waals surface area (Å²) in [5.74, 6) is 0. The SMILES string of the molecule is CC(C)(C)CC(O)CN[C@@H]1CCC[C@H]1O. The van der Waals surface area contributed by atoms with Crippen LogP contribution in [0.3, 0.4) is 0 Å². The lowest BCUT2D eigenvalue weighted by atomic mass is 9.89. The molecule has 0 heterocycles. The summed E-state index contributed by atoms with van der Waals surface area (Å²) in [6, 6.07) is 0.194. The summed E-state index contributed by atoms with van der Waals surface area (Å²) < 4.78 is 0. The monoisotopic (exact) mass is 215 g/mol. The van der Waals surface area contributed by atoms with Gasteiger partial charge in [-0.1, -0.05) is 20.8 Å². The summed E-state index contributed by atoms with van der Waals surface area (Å²) in [7, 11) is 0. The molecule has 90 valence electrons. The highest BCUT2D eigenvalue weighted by Gasteiger charge is 2.25. The fraction of sp³-hybridized carbons (Fsp3) is 1.00. The van der Waals surface area contributed by atoms with Gasteiger partial charge in [0.2, 0.25) is 0 Å². The van der Waals surface area contributed by atoms with Crippen molar-refractivity contribution in [1.82, 2.24) is 5.32 Å². The zero-order valence-electron chi connectivity index (χ0n) is 10.2. The fourth-order valence-corrected chi connectivity index (χ4v) is 2.25. The molecule has 3 nitrogen and oxygen atoms in total. The maximum atomic E-state index is 9.79. The average Bonchev–Trinajstić information content (AvgIpc) is 2.44. The molecule has 0 bridgehead atoms. The van der Waals surface area contributed by atoms with Crippen LogP contribution in [0.2, 0.25) is 0 Å². The van der Waals surface area contributed by atoms with Gasteiger partial charge in [0.05, 0.1) is 12.2 Å². The molecule has 3 atom stereocenters. The first-order valence-corrected chi connectivity index (χ1v) is 5.98. The van der Waals surface area contributed by atoms with Gasteiger partial charge in [0, 0.05) is 12.6 Å². The number of nitrogens with one attached hydrogen (secondary N) is 1. The Morgan fingerprint density at radius 1 is 1.33 bits per heavy atom. The molecule has 0 aromatic rings. The van der Waals surface area contributed by atoms with Gasteiger partial charge >= 0.3 is 0 Å².